The van der Waals surface area contributed by atoms with Gasteiger partial charge >= 0.3 is 0 Å². The van der Waals surface area contributed by atoms with Crippen molar-refractivity contribution >= 4 is 49.2 Å². The Kier molecular flexibility index (Phi) is 5.53. The van der Waals surface area contributed by atoms with E-state index >= 15 is 0 Å². The largest absolute Gasteiger partial charge is 0.493 e. The van der Waals surface area contributed by atoms with Crippen LogP contribution in [-0.2, 0) is 12.8 Å². The van der Waals surface area contributed by atoms with Crippen LogP contribution in [0.2, 0.25) is 0 Å². The van der Waals surface area contributed by atoms with Crippen LogP contribution in [0.4, 0.5) is 0 Å². The number of nitrogens with zero attached hydrogens (tertiary/aromatic N) is 2. The van der Waals surface area contributed by atoms with Gasteiger partial charge in [-0.25, -0.2) is 9.97 Å². The monoisotopic (exact) mass is 448 g/mol. The first-order chi connectivity index (χ1) is 12.6. The minimum atomic E-state index is 0.667. The van der Waals surface area contributed by atoms with E-state index in [9.17, 15) is 0 Å². The molecule has 0 radical (unpaired) electrons. The summed E-state index contributed by atoms with van der Waals surface area (Å²) in [6.45, 7) is 5.00. The molecule has 1 aliphatic rings. The number of aromatic nitrogens is 2. The number of aryl methyl sites for hydroxylation is 2. The van der Waals surface area contributed by atoms with Gasteiger partial charge in [0, 0.05) is 20.5 Å². The average Bonchev–Trinajstić information content (AvgIpc) is 2.97. The van der Waals surface area contributed by atoms with Gasteiger partial charge in [0.15, 0.2) is 0 Å². The third-order valence-electron chi connectivity index (χ3n) is 4.64. The van der Waals surface area contributed by atoms with Gasteiger partial charge in [-0.15, -0.1) is 23.1 Å². The van der Waals surface area contributed by atoms with E-state index < -0.39 is 0 Å². The molecule has 0 N–H and O–H groups in total. The maximum atomic E-state index is 5.85. The number of fused-ring (bicyclic) bond motifs is 3. The van der Waals surface area contributed by atoms with Gasteiger partial charge in [-0.3, -0.25) is 0 Å². The third-order valence-corrected chi connectivity index (χ3v) is 7.25. The predicted molar refractivity (Wildman–Crippen MR) is 114 cm³/mol. The smallest absolute Gasteiger partial charge is 0.128 e. The van der Waals surface area contributed by atoms with E-state index in [0.29, 0.717) is 6.61 Å². The van der Waals surface area contributed by atoms with Crippen molar-refractivity contribution < 1.29 is 4.74 Å². The molecule has 0 amide bonds. The number of rotatable bonds is 5. The van der Waals surface area contributed by atoms with E-state index in [1.165, 1.54) is 28.7 Å². The Morgan fingerprint density at radius 3 is 2.88 bits per heavy atom. The summed E-state index contributed by atoms with van der Waals surface area (Å²) in [7, 11) is 0. The lowest BCUT2D eigenvalue weighted by Crippen LogP contribution is -2.09. The number of hydrogen-bond acceptors (Lipinski definition) is 5. The van der Waals surface area contributed by atoms with Crippen molar-refractivity contribution in [1.82, 2.24) is 9.97 Å². The van der Waals surface area contributed by atoms with Gasteiger partial charge < -0.3 is 4.74 Å². The molecular formula is C20H21BrN2OS2. The first-order valence-corrected chi connectivity index (χ1v) is 11.5. The number of hydrogen-bond donors (Lipinski definition) is 0. The van der Waals surface area contributed by atoms with Gasteiger partial charge in [-0.1, -0.05) is 22.9 Å². The molecule has 136 valence electrons. The van der Waals surface area contributed by atoms with Crippen LogP contribution in [0.15, 0.2) is 33.8 Å². The molecule has 3 aromatic rings. The summed E-state index contributed by atoms with van der Waals surface area (Å²) in [4.78, 5) is 12.1. The molecule has 0 fully saturated rings. The molecule has 0 aliphatic heterocycles. The fourth-order valence-corrected chi connectivity index (χ4v) is 6.02. The lowest BCUT2D eigenvalue weighted by molar-refractivity contribution is 0.344. The second-order valence-corrected chi connectivity index (χ2v) is 9.84. The predicted octanol–water partition coefficient (Wildman–Crippen LogP) is 6.06. The Morgan fingerprint density at radius 2 is 2.08 bits per heavy atom. The number of halogens is 1. The molecular weight excluding hydrogens is 428 g/mol. The molecule has 0 unspecified atom stereocenters. The van der Waals surface area contributed by atoms with Gasteiger partial charge in [0.2, 0.25) is 0 Å². The van der Waals surface area contributed by atoms with Gasteiger partial charge in [0.25, 0.3) is 0 Å². The van der Waals surface area contributed by atoms with E-state index in [2.05, 4.69) is 22.9 Å². The summed E-state index contributed by atoms with van der Waals surface area (Å²) in [5, 5.41) is 2.43. The minimum Gasteiger partial charge on any atom is -0.493 e. The van der Waals surface area contributed by atoms with Gasteiger partial charge in [-0.2, -0.15) is 0 Å². The van der Waals surface area contributed by atoms with Crippen molar-refractivity contribution in [3.8, 4) is 5.75 Å². The zero-order chi connectivity index (χ0) is 18.1. The van der Waals surface area contributed by atoms with Gasteiger partial charge in [0.1, 0.15) is 21.4 Å². The summed E-state index contributed by atoms with van der Waals surface area (Å²) in [6.07, 6.45) is 3.61. The fraction of sp³-hybridized carbons (Fsp3) is 0.400. The highest BCUT2D eigenvalue weighted by molar-refractivity contribution is 9.10. The van der Waals surface area contributed by atoms with Crippen LogP contribution in [0.25, 0.3) is 10.2 Å². The van der Waals surface area contributed by atoms with Crippen molar-refractivity contribution in [3.05, 3.63) is 45.0 Å². The van der Waals surface area contributed by atoms with Gasteiger partial charge in [0.05, 0.1) is 6.61 Å². The molecule has 0 spiro atoms. The van der Waals surface area contributed by atoms with Crippen molar-refractivity contribution in [2.45, 2.75) is 38.1 Å². The number of ether oxygens (including phenoxy) is 1. The molecule has 3 nitrogen and oxygen atoms in total. The highest BCUT2D eigenvalue weighted by Gasteiger charge is 2.23. The quantitative estimate of drug-likeness (QED) is 0.270. The van der Waals surface area contributed by atoms with Crippen molar-refractivity contribution in [3.63, 3.8) is 0 Å². The van der Waals surface area contributed by atoms with E-state index in [-0.39, 0.29) is 0 Å². The highest BCUT2D eigenvalue weighted by Crippen LogP contribution is 2.40. The van der Waals surface area contributed by atoms with E-state index in [4.69, 9.17) is 14.7 Å². The van der Waals surface area contributed by atoms with Crippen LogP contribution in [0.1, 0.15) is 29.6 Å². The van der Waals surface area contributed by atoms with Crippen LogP contribution in [0, 0.1) is 12.8 Å². The SMILES string of the molecule is Cc1nc(SCCOc2ccc(Br)cc2)c2c3c(sc2n1)C[C@@H](C)CC3. The topological polar surface area (TPSA) is 35.0 Å². The summed E-state index contributed by atoms with van der Waals surface area (Å²) < 4.78 is 6.92. The molecule has 6 heteroatoms. The standard InChI is InChI=1S/C20H21BrN2OS2/c1-12-3-8-16-17(11-12)26-20-18(16)19(22-13(2)23-20)25-10-9-24-15-6-4-14(21)5-7-15/h4-7,12H,3,8-11H2,1-2H3/t12-/m0/s1. The summed E-state index contributed by atoms with van der Waals surface area (Å²) >= 11 is 7.10. The van der Waals surface area contributed by atoms with E-state index in [1.807, 2.05) is 42.5 Å². The summed E-state index contributed by atoms with van der Waals surface area (Å²) in [6, 6.07) is 7.97. The van der Waals surface area contributed by atoms with Crippen LogP contribution in [0.3, 0.4) is 0 Å². The molecule has 1 atom stereocenters. The molecule has 1 aliphatic carbocycles. The number of benzene rings is 1. The average molecular weight is 449 g/mol. The second-order valence-electron chi connectivity index (χ2n) is 6.76. The van der Waals surface area contributed by atoms with E-state index in [1.54, 1.807) is 11.8 Å². The lowest BCUT2D eigenvalue weighted by Gasteiger charge is -2.18. The maximum absolute atomic E-state index is 5.85. The second kappa shape index (κ2) is 7.87. The zero-order valence-electron chi connectivity index (χ0n) is 14.9. The molecule has 1 aromatic carbocycles. The Balaban J connectivity index is 1.49. The molecule has 2 aromatic heterocycles. The third kappa shape index (κ3) is 3.92. The van der Waals surface area contributed by atoms with Crippen LogP contribution >= 0.6 is 39.0 Å². The molecule has 0 saturated heterocycles. The van der Waals surface area contributed by atoms with Crippen molar-refractivity contribution in [2.24, 2.45) is 5.92 Å². The molecule has 26 heavy (non-hydrogen) atoms. The molecule has 0 bridgehead atoms. The van der Waals surface area contributed by atoms with Crippen LogP contribution in [0.5, 0.6) is 5.75 Å². The lowest BCUT2D eigenvalue weighted by atomic mass is 9.89. The molecule has 4 rings (SSSR count). The Bertz CT molecular complexity index is 924. The normalized spacial score (nSPS) is 16.7. The Morgan fingerprint density at radius 1 is 1.27 bits per heavy atom. The highest BCUT2D eigenvalue weighted by atomic mass is 79.9. The first-order valence-electron chi connectivity index (χ1n) is 8.90. The number of thioether (sulfide) groups is 1. The fourth-order valence-electron chi connectivity index (χ4n) is 3.34. The van der Waals surface area contributed by atoms with Crippen LogP contribution in [-0.4, -0.2) is 22.3 Å². The van der Waals surface area contributed by atoms with Crippen molar-refractivity contribution in [2.75, 3.05) is 12.4 Å². The zero-order valence-corrected chi connectivity index (χ0v) is 18.1. The van der Waals surface area contributed by atoms with Crippen molar-refractivity contribution in [1.29, 1.82) is 0 Å². The summed E-state index contributed by atoms with van der Waals surface area (Å²) in [5.74, 6) is 3.42. The number of thiophene rings is 1. The summed E-state index contributed by atoms with van der Waals surface area (Å²) in [5.41, 5.74) is 1.50. The molecule has 0 saturated carbocycles. The maximum Gasteiger partial charge on any atom is 0.128 e. The molecule has 2 heterocycles. The van der Waals surface area contributed by atoms with Crippen LogP contribution < -0.4 is 4.74 Å². The Hall–Kier alpha value is -1.11. The minimum absolute atomic E-state index is 0.667. The first kappa shape index (κ1) is 18.3. The van der Waals surface area contributed by atoms with E-state index in [0.717, 1.165) is 44.0 Å². The van der Waals surface area contributed by atoms with Gasteiger partial charge in [-0.05, 0) is 61.9 Å². The Labute approximate surface area is 170 Å².